The summed E-state index contributed by atoms with van der Waals surface area (Å²) in [6.45, 7) is 0. The van der Waals surface area contributed by atoms with Gasteiger partial charge in [0, 0.05) is 0 Å². The van der Waals surface area contributed by atoms with Crippen LogP contribution in [-0.4, -0.2) is 0 Å². The Morgan fingerprint density at radius 3 is 0.667 bits per heavy atom. The third-order valence-electron chi connectivity index (χ3n) is 0. The first kappa shape index (κ1) is 13.0. The van der Waals surface area contributed by atoms with E-state index in [0.717, 1.165) is 0 Å². The molecule has 0 spiro atoms. The summed E-state index contributed by atoms with van der Waals surface area (Å²) in [4.78, 5) is 0. The van der Waals surface area contributed by atoms with Crippen molar-refractivity contribution in [3.05, 3.63) is 0 Å². The van der Waals surface area contributed by atoms with Crippen LogP contribution < -0.4 is 26.5 Å². The van der Waals surface area contributed by atoms with Gasteiger partial charge in [0.25, 0.3) is 0 Å². The fourth-order valence-corrected chi connectivity index (χ4v) is 0. The predicted molar refractivity (Wildman–Crippen MR) is 56.1 cm³/mol. The van der Waals surface area contributed by atoms with Gasteiger partial charge in [0.1, 0.15) is 0 Å². The van der Waals surface area contributed by atoms with E-state index in [1.54, 1.807) is 0 Å². The first-order chi connectivity index (χ1) is 2.83. The van der Waals surface area contributed by atoms with Crippen molar-refractivity contribution >= 4 is 74.5 Å². The van der Waals surface area contributed by atoms with Gasteiger partial charge in [-0.2, -0.15) is 0 Å². The van der Waals surface area contributed by atoms with Gasteiger partial charge in [0.05, 0.1) is 0 Å². The number of hydrogen-bond donors (Lipinski definition) is 0. The van der Waals surface area contributed by atoms with Gasteiger partial charge in [-0.3, -0.25) is 0 Å². The number of rotatable bonds is 0. The summed E-state index contributed by atoms with van der Waals surface area (Å²) in [5.74, 6) is 0. The van der Waals surface area contributed by atoms with E-state index in [4.69, 9.17) is 0 Å². The van der Waals surface area contributed by atoms with E-state index < -0.39 is 0 Å². The molecular weight excluding hydrogens is 761 g/mol. The van der Waals surface area contributed by atoms with Crippen molar-refractivity contribution in [2.24, 2.45) is 0 Å². The van der Waals surface area contributed by atoms with E-state index in [0.29, 0.717) is 26.5 Å². The molecule has 0 aromatic heterocycles. The Morgan fingerprint density at radius 2 is 0.667 bits per heavy atom. The van der Waals surface area contributed by atoms with E-state index in [-0.39, 0.29) is 0 Å². The number of halogens is 6. The van der Waals surface area contributed by atoms with Crippen LogP contribution in [0.2, 0.25) is 0 Å². The summed E-state index contributed by atoms with van der Waals surface area (Å²) in [6.07, 6.45) is 0. The fourth-order valence-electron chi connectivity index (χ4n) is 0. The van der Waals surface area contributed by atoms with Crippen molar-refractivity contribution in [2.45, 2.75) is 0 Å². The maximum absolute atomic E-state index is 2.39. The minimum atomic E-state index is 0.530. The van der Waals surface area contributed by atoms with E-state index in [9.17, 15) is 0 Å². The van der Waals surface area contributed by atoms with Crippen molar-refractivity contribution in [1.29, 1.82) is 0 Å². The Labute approximate surface area is 97.3 Å². The zero-order valence-electron chi connectivity index (χ0n) is 2.27. The van der Waals surface area contributed by atoms with E-state index >= 15 is 0 Å². The van der Waals surface area contributed by atoms with Crippen LogP contribution >= 0.6 is 74.5 Å². The van der Waals surface area contributed by atoms with Crippen molar-refractivity contribution in [3.8, 4) is 0 Å². The zero-order valence-corrected chi connectivity index (χ0v) is 15.2. The summed E-state index contributed by atoms with van der Waals surface area (Å²) in [5, 5.41) is 0. The molecule has 0 nitrogen and oxygen atoms in total. The normalized spacial score (nSPS) is 7.33. The van der Waals surface area contributed by atoms with Crippen molar-refractivity contribution in [2.75, 3.05) is 0 Å². The van der Waals surface area contributed by atoms with Gasteiger partial charge in [-0.05, 0) is 0 Å². The zero-order chi connectivity index (χ0) is 5.41. The summed E-state index contributed by atoms with van der Waals surface area (Å²) in [6, 6.07) is 0. The minimum absolute atomic E-state index is 0.530. The summed E-state index contributed by atoms with van der Waals surface area (Å²) >= 11 is 10.6. The predicted octanol–water partition coefficient (Wildman–Crippen LogP) is -2.45. The van der Waals surface area contributed by atoms with E-state index in [1.807, 2.05) is 0 Å². The molecule has 44 valence electrons. The van der Waals surface area contributed by atoms with Gasteiger partial charge in [-0.25, -0.2) is 0 Å². The Morgan fingerprint density at radius 1 is 0.667 bits per heavy atom. The molecule has 0 aromatic carbocycles. The molecule has 0 atom stereocenters. The average molecular weight is 761 g/mol. The molecule has 0 aliphatic carbocycles. The van der Waals surface area contributed by atoms with Crippen LogP contribution in [-0.2, 0) is 0 Å². The fraction of sp³-hybridized carbons (Fsp3) is 0. The van der Waals surface area contributed by atoms with Gasteiger partial charge in [0.15, 0.2) is 0 Å². The first-order valence-corrected chi connectivity index (χ1v) is 25.7. The molecule has 0 saturated carbocycles. The Hall–Kier alpha value is 4.38. The second kappa shape index (κ2) is 16.2. The van der Waals surface area contributed by atoms with Gasteiger partial charge < -0.3 is 0 Å². The molecular formula is I6-2. The van der Waals surface area contributed by atoms with Crippen LogP contribution in [0.5, 0.6) is 0 Å². The summed E-state index contributed by atoms with van der Waals surface area (Å²) < 4.78 is 0. The van der Waals surface area contributed by atoms with Crippen LogP contribution in [0.3, 0.4) is 0 Å². The third kappa shape index (κ3) is 23.8. The van der Waals surface area contributed by atoms with Crippen LogP contribution in [0, 0.1) is 0 Å². The van der Waals surface area contributed by atoms with Crippen molar-refractivity contribution in [3.63, 3.8) is 0 Å². The van der Waals surface area contributed by atoms with Crippen molar-refractivity contribution in [1.82, 2.24) is 0 Å². The quantitative estimate of drug-likeness (QED) is 0.241. The second-order valence-electron chi connectivity index (χ2n) is 0.108. The molecule has 0 aromatic rings. The monoisotopic (exact) mass is 761 g/mol. The van der Waals surface area contributed by atoms with E-state index in [1.165, 1.54) is 0 Å². The molecule has 0 heterocycles. The molecule has 6 heavy (non-hydrogen) atoms. The van der Waals surface area contributed by atoms with Crippen LogP contribution in [0.25, 0.3) is 0 Å². The topological polar surface area (TPSA) is 0 Å². The van der Waals surface area contributed by atoms with E-state index in [2.05, 4.69) is 74.5 Å². The molecule has 0 N–H and O–H groups in total. The summed E-state index contributed by atoms with van der Waals surface area (Å²) in [7, 11) is 0. The van der Waals surface area contributed by atoms with Crippen molar-refractivity contribution < 1.29 is 26.5 Å². The maximum atomic E-state index is 2.39. The standard InChI is InChI=1S/2I3/c2*1-3-2/q2*-1. The molecule has 0 bridgehead atoms. The SMILES string of the molecule is I[I-]I.I[I-]I. The van der Waals surface area contributed by atoms with Crippen LogP contribution in [0.4, 0.5) is 0 Å². The van der Waals surface area contributed by atoms with Crippen LogP contribution in [0.1, 0.15) is 0 Å². The molecule has 6 heteroatoms. The first-order valence-electron chi connectivity index (χ1n) is 0.571. The molecule has 0 rings (SSSR count). The Kier molecular flexibility index (Phi) is 35.1. The number of hydrogen-bond acceptors (Lipinski definition) is 0. The molecule has 0 amide bonds. The van der Waals surface area contributed by atoms with Gasteiger partial charge in [-0.15, -0.1) is 0 Å². The second-order valence-corrected chi connectivity index (χ2v) is 32.6. The third-order valence-corrected chi connectivity index (χ3v) is 0. The van der Waals surface area contributed by atoms with Gasteiger partial charge >= 0.3 is 101 Å². The Bertz CT molecular complexity index is 2.00. The Balaban J connectivity index is 0. The van der Waals surface area contributed by atoms with Gasteiger partial charge in [-0.1, -0.05) is 0 Å². The summed E-state index contributed by atoms with van der Waals surface area (Å²) in [5.41, 5.74) is 0. The molecule has 0 aliphatic rings. The van der Waals surface area contributed by atoms with Crippen LogP contribution in [0.15, 0.2) is 0 Å². The molecule has 0 fully saturated rings. The van der Waals surface area contributed by atoms with Gasteiger partial charge in [0.2, 0.25) is 0 Å². The molecule has 0 unspecified atom stereocenters. The molecule has 0 saturated heterocycles. The average Bonchev–Trinajstić information content (AvgIpc) is 1.39. The molecule has 0 aliphatic heterocycles. The molecule has 0 radical (unpaired) electrons.